The smallest absolute Gasteiger partial charge is 0.414 e. The van der Waals surface area contributed by atoms with Gasteiger partial charge in [-0.25, -0.2) is 4.79 Å². The molecule has 0 spiro atoms. The van der Waals surface area contributed by atoms with Gasteiger partial charge < -0.3 is 14.6 Å². The number of amides is 1. The Labute approximate surface area is 274 Å². The molecule has 0 unspecified atom stereocenters. The van der Waals surface area contributed by atoms with Crippen molar-refractivity contribution in [1.82, 2.24) is 0 Å². The van der Waals surface area contributed by atoms with Gasteiger partial charge >= 0.3 is 6.09 Å². The van der Waals surface area contributed by atoms with Crippen molar-refractivity contribution in [1.29, 1.82) is 0 Å². The summed E-state index contributed by atoms with van der Waals surface area (Å²) in [6.45, 7) is 9.63. The number of carbonyl (C=O) groups is 1. The van der Waals surface area contributed by atoms with Gasteiger partial charge in [0.15, 0.2) is 0 Å². The molecular formula is C35H39Cl3N2O4. The Bertz CT molecular complexity index is 1660. The van der Waals surface area contributed by atoms with E-state index in [9.17, 15) is 9.90 Å². The Kier molecular flexibility index (Phi) is 9.93. The van der Waals surface area contributed by atoms with Gasteiger partial charge in [-0.15, -0.1) is 23.2 Å². The lowest BCUT2D eigenvalue weighted by molar-refractivity contribution is 0.0582. The number of halogens is 3. The molecule has 234 valence electrons. The van der Waals surface area contributed by atoms with Crippen molar-refractivity contribution in [3.63, 3.8) is 0 Å². The number of anilines is 2. The first-order chi connectivity index (χ1) is 21.1. The molecule has 2 atom stereocenters. The summed E-state index contributed by atoms with van der Waals surface area (Å²) < 4.78 is 13.3. The summed E-state index contributed by atoms with van der Waals surface area (Å²) in [6.07, 6.45) is 1.72. The van der Waals surface area contributed by atoms with Gasteiger partial charge in [0.2, 0.25) is 0 Å². The molecule has 44 heavy (non-hydrogen) atoms. The average molecular weight is 658 g/mol. The van der Waals surface area contributed by atoms with Crippen molar-refractivity contribution in [2.45, 2.75) is 58.0 Å². The van der Waals surface area contributed by atoms with Gasteiger partial charge in [-0.3, -0.25) is 9.32 Å². The average Bonchev–Trinajstić information content (AvgIpc) is 3.54. The highest BCUT2D eigenvalue weighted by molar-refractivity contribution is 6.27. The number of hydrogen-bond acceptors (Lipinski definition) is 5. The first kappa shape index (κ1) is 32.3. The molecule has 6 nitrogen and oxygen atoms in total. The lowest BCUT2D eigenvalue weighted by atomic mass is 9.95. The van der Waals surface area contributed by atoms with Crippen LogP contribution in [0.1, 0.15) is 63.5 Å². The number of rotatable bonds is 6. The molecule has 0 radical (unpaired) electrons. The predicted octanol–water partition coefficient (Wildman–Crippen LogP) is 9.94. The fourth-order valence-electron chi connectivity index (χ4n) is 5.98. The van der Waals surface area contributed by atoms with E-state index in [-0.39, 0.29) is 23.7 Å². The van der Waals surface area contributed by atoms with E-state index in [4.69, 9.17) is 44.5 Å². The maximum atomic E-state index is 12.8. The number of carbonyl (C=O) groups excluding carboxylic acids is 1. The third-order valence-electron chi connectivity index (χ3n) is 7.96. The Morgan fingerprint density at radius 2 is 1.45 bits per heavy atom. The van der Waals surface area contributed by atoms with Gasteiger partial charge in [0, 0.05) is 71.4 Å². The fraction of sp³-hybridized carbons (Fsp3) is 0.400. The summed E-state index contributed by atoms with van der Waals surface area (Å²) in [4.78, 5) is 14.5. The summed E-state index contributed by atoms with van der Waals surface area (Å²) in [5.41, 5.74) is 3.42. The van der Waals surface area contributed by atoms with Crippen LogP contribution in [-0.4, -0.2) is 48.3 Å². The highest BCUT2D eigenvalue weighted by atomic mass is 35.5. The number of fused-ring (bicyclic) bond motifs is 6. The summed E-state index contributed by atoms with van der Waals surface area (Å²) in [7, 11) is 0. The van der Waals surface area contributed by atoms with Crippen molar-refractivity contribution in [3.05, 3.63) is 71.8 Å². The van der Waals surface area contributed by atoms with Crippen LogP contribution in [0.5, 0.6) is 11.5 Å². The van der Waals surface area contributed by atoms with Crippen molar-refractivity contribution < 1.29 is 19.4 Å². The van der Waals surface area contributed by atoms with Crippen LogP contribution in [0.4, 0.5) is 16.2 Å². The topological polar surface area (TPSA) is 62.2 Å². The Morgan fingerprint density at radius 1 is 0.886 bits per heavy atom. The lowest BCUT2D eigenvalue weighted by Gasteiger charge is -2.25. The number of nitrogens with zero attached hydrogens (tertiary/aromatic N) is 2. The highest BCUT2D eigenvalue weighted by Crippen LogP contribution is 2.47. The van der Waals surface area contributed by atoms with Crippen molar-refractivity contribution >= 4 is 74.0 Å². The van der Waals surface area contributed by atoms with E-state index in [0.29, 0.717) is 31.5 Å². The zero-order valence-electron chi connectivity index (χ0n) is 25.6. The minimum atomic E-state index is -0.548. The maximum Gasteiger partial charge on any atom is 0.414 e. The van der Waals surface area contributed by atoms with Gasteiger partial charge in [-0.2, -0.15) is 0 Å². The number of phenols is 1. The van der Waals surface area contributed by atoms with E-state index in [1.165, 1.54) is 0 Å². The van der Waals surface area contributed by atoms with Gasteiger partial charge in [0.05, 0.1) is 18.0 Å². The molecule has 0 saturated heterocycles. The number of alkyl halides is 2. The van der Waals surface area contributed by atoms with Gasteiger partial charge in [-0.05, 0) is 49.1 Å². The molecule has 9 heteroatoms. The monoisotopic (exact) mass is 656 g/mol. The van der Waals surface area contributed by atoms with Gasteiger partial charge in [0.1, 0.15) is 17.1 Å². The van der Waals surface area contributed by atoms with Crippen LogP contribution in [0.3, 0.4) is 0 Å². The van der Waals surface area contributed by atoms with E-state index < -0.39 is 5.60 Å². The van der Waals surface area contributed by atoms with Crippen LogP contribution in [0.2, 0.25) is 0 Å². The highest BCUT2D eigenvalue weighted by Gasteiger charge is 2.37. The third kappa shape index (κ3) is 6.49. The number of phenolic OH excluding ortho intramolecular Hbond substituents is 1. The fourth-order valence-corrected chi connectivity index (χ4v) is 6.79. The molecule has 0 saturated carbocycles. The normalized spacial score (nSPS) is 17.3. The maximum absolute atomic E-state index is 12.8. The standard InChI is InChI=1S/C22H28ClNO3.C13H11Cl2NO/c1-5-6-11-26-19-12-18-20(17-10-8-7-9-16(17)19)15(13-23)14-24(18)21(25)27-22(2,3)4;14-6-8-7-16(15)11-5-12(17)9-3-1-2-4-10(9)13(8)11/h7-10,12,15H,5-6,11,13-14H2,1-4H3;1-5,8,17H,6-7H2/t15-;8-/m11/s1. The van der Waals surface area contributed by atoms with Crippen LogP contribution in [-0.2, 0) is 4.74 Å². The quantitative estimate of drug-likeness (QED) is 0.127. The summed E-state index contributed by atoms with van der Waals surface area (Å²) in [6, 6.07) is 19.7. The van der Waals surface area contributed by atoms with Gasteiger partial charge in [-0.1, -0.05) is 61.9 Å². The van der Waals surface area contributed by atoms with Crippen LogP contribution < -0.4 is 14.1 Å². The molecule has 1 amide bonds. The molecule has 4 aromatic rings. The molecule has 1 N–H and O–H groups in total. The zero-order valence-corrected chi connectivity index (χ0v) is 27.8. The van der Waals surface area contributed by atoms with Crippen molar-refractivity contribution in [3.8, 4) is 11.5 Å². The first-order valence-electron chi connectivity index (χ1n) is 15.1. The molecular weight excluding hydrogens is 619 g/mol. The number of hydrogen-bond donors (Lipinski definition) is 1. The van der Waals surface area contributed by atoms with E-state index >= 15 is 0 Å². The molecule has 0 aromatic heterocycles. The number of benzene rings is 4. The minimum absolute atomic E-state index is 0.0729. The molecule has 2 heterocycles. The molecule has 0 fully saturated rings. The van der Waals surface area contributed by atoms with E-state index in [0.717, 1.165) is 62.6 Å². The minimum Gasteiger partial charge on any atom is -0.507 e. The lowest BCUT2D eigenvalue weighted by Crippen LogP contribution is -2.36. The Morgan fingerprint density at radius 3 is 2.07 bits per heavy atom. The number of ether oxygens (including phenoxy) is 2. The summed E-state index contributed by atoms with van der Waals surface area (Å²) in [5.74, 6) is 2.34. The van der Waals surface area contributed by atoms with Crippen LogP contribution in [0, 0.1) is 0 Å². The van der Waals surface area contributed by atoms with Crippen LogP contribution in [0.25, 0.3) is 21.5 Å². The number of unbranched alkanes of at least 4 members (excludes halogenated alkanes) is 1. The van der Waals surface area contributed by atoms with Crippen molar-refractivity contribution in [2.24, 2.45) is 0 Å². The van der Waals surface area contributed by atoms with Crippen LogP contribution >= 0.6 is 35.0 Å². The number of aromatic hydroxyl groups is 1. The van der Waals surface area contributed by atoms with E-state index in [2.05, 4.69) is 19.1 Å². The molecule has 2 aliphatic rings. The molecule has 6 rings (SSSR count). The molecule has 2 aliphatic heterocycles. The molecule has 4 aromatic carbocycles. The molecule has 0 aliphatic carbocycles. The summed E-state index contributed by atoms with van der Waals surface area (Å²) >= 11 is 18.4. The first-order valence-corrected chi connectivity index (χ1v) is 16.5. The predicted molar refractivity (Wildman–Crippen MR) is 184 cm³/mol. The Balaban J connectivity index is 0.000000193. The van der Waals surface area contributed by atoms with Crippen molar-refractivity contribution in [2.75, 3.05) is 40.8 Å². The Hall–Kier alpha value is -3.06. The SMILES string of the molecule is CCCCOc1cc2c(c3ccccc13)[C@H](CCl)CN2C(=O)OC(C)(C)C.Oc1cc2c(c3ccccc13)[C@H](CCl)CN2Cl. The van der Waals surface area contributed by atoms with E-state index in [1.807, 2.05) is 63.2 Å². The third-order valence-corrected chi connectivity index (χ3v) is 9.03. The second-order valence-corrected chi connectivity index (χ2v) is 13.3. The summed E-state index contributed by atoms with van der Waals surface area (Å²) in [5, 5.41) is 14.0. The van der Waals surface area contributed by atoms with Gasteiger partial charge in [0.25, 0.3) is 0 Å². The van der Waals surface area contributed by atoms with E-state index in [1.54, 1.807) is 15.4 Å². The van der Waals surface area contributed by atoms with Crippen LogP contribution in [0.15, 0.2) is 60.7 Å². The zero-order chi connectivity index (χ0) is 31.6. The largest absolute Gasteiger partial charge is 0.507 e. The second kappa shape index (κ2) is 13.5. The molecule has 0 bridgehead atoms. The second-order valence-electron chi connectivity index (χ2n) is 12.3.